The molecule has 4 heterocycles. The second-order valence-corrected chi connectivity index (χ2v) is 15.6. The summed E-state index contributed by atoms with van der Waals surface area (Å²) in [5.41, 5.74) is 15.9. The summed E-state index contributed by atoms with van der Waals surface area (Å²) in [5.74, 6) is 0. The molecule has 4 nitrogen and oxygen atoms in total. The van der Waals surface area contributed by atoms with Gasteiger partial charge < -0.3 is 18.3 Å². The third-order valence-electron chi connectivity index (χ3n) is 12.6. The van der Waals surface area contributed by atoms with E-state index in [1.54, 1.807) is 0 Å². The van der Waals surface area contributed by atoms with E-state index >= 15 is 0 Å². The van der Waals surface area contributed by atoms with Crippen LogP contribution in [0.4, 0.5) is 0 Å². The van der Waals surface area contributed by atoms with Crippen LogP contribution in [0.15, 0.2) is 188 Å². The number of hydrogen-bond acceptors (Lipinski definition) is 0. The second-order valence-electron chi connectivity index (χ2n) is 15.6. The minimum absolute atomic E-state index is 1.02. The molecule has 13 rings (SSSR count). The third-order valence-corrected chi connectivity index (χ3v) is 12.6. The van der Waals surface area contributed by atoms with Crippen molar-refractivity contribution >= 4 is 82.4 Å². The minimum atomic E-state index is 1.02. The molecule has 4 heteroatoms. The van der Waals surface area contributed by atoms with E-state index in [9.17, 15) is 0 Å². The van der Waals surface area contributed by atoms with Crippen molar-refractivity contribution in [2.45, 2.75) is 12.8 Å². The maximum atomic E-state index is 2.54. The summed E-state index contributed by atoms with van der Waals surface area (Å²) in [6.07, 6.45) is 6.72. The zero-order valence-corrected chi connectivity index (χ0v) is 31.7. The van der Waals surface area contributed by atoms with Gasteiger partial charge in [0.2, 0.25) is 0 Å². The van der Waals surface area contributed by atoms with Crippen molar-refractivity contribution in [1.29, 1.82) is 0 Å². The number of benzene rings is 8. The van der Waals surface area contributed by atoms with E-state index in [4.69, 9.17) is 0 Å². The highest BCUT2D eigenvalue weighted by Gasteiger charge is 2.23. The highest BCUT2D eigenvalue weighted by molar-refractivity contribution is 6.15. The fourth-order valence-electron chi connectivity index (χ4n) is 10.3. The molecular weight excluding hydrogens is 705 g/mol. The normalized spacial score (nSPS) is 13.0. The van der Waals surface area contributed by atoms with Gasteiger partial charge in [0, 0.05) is 66.0 Å². The Morgan fingerprint density at radius 3 is 1.45 bits per heavy atom. The van der Waals surface area contributed by atoms with Crippen LogP contribution in [0.25, 0.3) is 105 Å². The molecule has 0 bridgehead atoms. The van der Waals surface area contributed by atoms with Gasteiger partial charge >= 0.3 is 0 Å². The Morgan fingerprint density at radius 1 is 0.328 bits per heavy atom. The molecule has 1 aliphatic rings. The van der Waals surface area contributed by atoms with Gasteiger partial charge in [-0.3, -0.25) is 0 Å². The molecular formula is C54H36N4. The van der Waals surface area contributed by atoms with Crippen molar-refractivity contribution in [2.75, 3.05) is 0 Å². The molecule has 8 aromatic carbocycles. The summed E-state index contributed by atoms with van der Waals surface area (Å²) < 4.78 is 9.85. The molecule has 0 aliphatic heterocycles. The fourth-order valence-corrected chi connectivity index (χ4v) is 10.3. The molecule has 0 spiro atoms. The monoisotopic (exact) mass is 740 g/mol. The molecule has 0 amide bonds. The van der Waals surface area contributed by atoms with Crippen molar-refractivity contribution in [3.8, 4) is 22.7 Å². The lowest BCUT2D eigenvalue weighted by Crippen LogP contribution is -2.03. The second kappa shape index (κ2) is 12.0. The average Bonchev–Trinajstić information content (AvgIpc) is 4.01. The van der Waals surface area contributed by atoms with E-state index < -0.39 is 0 Å². The maximum Gasteiger partial charge on any atom is 0.0562 e. The largest absolute Gasteiger partial charge is 0.312 e. The molecule has 58 heavy (non-hydrogen) atoms. The molecule has 272 valence electrons. The van der Waals surface area contributed by atoms with Gasteiger partial charge in [-0.05, 0) is 91.7 Å². The van der Waals surface area contributed by atoms with Gasteiger partial charge in [0.1, 0.15) is 0 Å². The van der Waals surface area contributed by atoms with Crippen molar-refractivity contribution < 1.29 is 0 Å². The van der Waals surface area contributed by atoms with Crippen LogP contribution >= 0.6 is 0 Å². The van der Waals surface area contributed by atoms with Gasteiger partial charge in [0.15, 0.2) is 0 Å². The number of fused-ring (bicyclic) bond motifs is 12. The van der Waals surface area contributed by atoms with E-state index in [1.165, 1.54) is 93.3 Å². The number of aromatic nitrogens is 4. The van der Waals surface area contributed by atoms with Gasteiger partial charge in [-0.1, -0.05) is 115 Å². The standard InChI is InChI=1S/C54H36N4/c1-7-23-45-38(17-1)39-18-2-8-24-46(39)56(45)37-31-32-51-44(34-37)42-21-5-9-25-47(42)55(51)35-15-13-16-36(33-35)57-50-28-12-6-22-43(50)54-52(57)29-14-30-53(54)58-48-26-10-3-19-40(48)41-20-4-11-27-49(41)58/h1-10,12-26,28-34H,11,27H2. The van der Waals surface area contributed by atoms with Crippen molar-refractivity contribution in [2.24, 2.45) is 0 Å². The maximum absolute atomic E-state index is 2.54. The first kappa shape index (κ1) is 31.6. The molecule has 0 atom stereocenters. The zero-order valence-electron chi connectivity index (χ0n) is 31.7. The van der Waals surface area contributed by atoms with Crippen LogP contribution in [0.3, 0.4) is 0 Å². The Labute approximate surface area is 334 Å². The number of hydrogen-bond donors (Lipinski definition) is 0. The quantitative estimate of drug-likeness (QED) is 0.171. The average molecular weight is 741 g/mol. The molecule has 4 aromatic heterocycles. The summed E-state index contributed by atoms with van der Waals surface area (Å²) in [6.45, 7) is 0. The predicted octanol–water partition coefficient (Wildman–Crippen LogP) is 13.9. The summed E-state index contributed by atoms with van der Waals surface area (Å²) in [7, 11) is 0. The molecule has 0 N–H and O–H groups in total. The van der Waals surface area contributed by atoms with Gasteiger partial charge in [-0.2, -0.15) is 0 Å². The Bertz CT molecular complexity index is 3640. The van der Waals surface area contributed by atoms with E-state index in [1.807, 2.05) is 0 Å². The zero-order chi connectivity index (χ0) is 37.9. The smallest absolute Gasteiger partial charge is 0.0562 e. The topological polar surface area (TPSA) is 19.7 Å². The summed E-state index contributed by atoms with van der Waals surface area (Å²) in [4.78, 5) is 0. The SMILES string of the molecule is C1=Cc2c(n(-c3cccc4c3c3ccccc3n4-c3cccc(-n4c5ccccc5c5cc(-n6c7ccccc7c7ccccc76)ccc54)c3)c3ccccc23)CC1. The Hall–Kier alpha value is -7.56. The Morgan fingerprint density at radius 2 is 0.793 bits per heavy atom. The van der Waals surface area contributed by atoms with Crippen molar-refractivity contribution in [3.63, 3.8) is 0 Å². The molecule has 0 saturated heterocycles. The van der Waals surface area contributed by atoms with Crippen LogP contribution in [-0.4, -0.2) is 18.3 Å². The summed E-state index contributed by atoms with van der Waals surface area (Å²) in [5, 5.41) is 8.86. The van der Waals surface area contributed by atoms with Crippen molar-refractivity contribution in [3.05, 3.63) is 199 Å². The lowest BCUT2D eigenvalue weighted by Gasteiger charge is -2.15. The number of para-hydroxylation sites is 5. The summed E-state index contributed by atoms with van der Waals surface area (Å²) in [6, 6.07) is 67.0. The fraction of sp³-hybridized carbons (Fsp3) is 0.0370. The van der Waals surface area contributed by atoms with E-state index in [0.717, 1.165) is 29.9 Å². The number of allylic oxidation sites excluding steroid dienone is 1. The minimum Gasteiger partial charge on any atom is -0.312 e. The van der Waals surface area contributed by atoms with Gasteiger partial charge in [0.25, 0.3) is 0 Å². The number of nitrogens with zero attached hydrogens (tertiary/aromatic N) is 4. The van der Waals surface area contributed by atoms with Crippen LogP contribution in [-0.2, 0) is 6.42 Å². The highest BCUT2D eigenvalue weighted by Crippen LogP contribution is 2.42. The lowest BCUT2D eigenvalue weighted by atomic mass is 10.0. The van der Waals surface area contributed by atoms with Crippen LogP contribution < -0.4 is 0 Å². The van der Waals surface area contributed by atoms with E-state index in [2.05, 4.69) is 212 Å². The molecule has 0 fully saturated rings. The Kier molecular flexibility index (Phi) is 6.53. The third kappa shape index (κ3) is 4.29. The first-order valence-corrected chi connectivity index (χ1v) is 20.3. The Balaban J connectivity index is 1.03. The molecule has 1 aliphatic carbocycles. The van der Waals surface area contributed by atoms with E-state index in [0.29, 0.717) is 0 Å². The van der Waals surface area contributed by atoms with Gasteiger partial charge in [-0.15, -0.1) is 0 Å². The molecule has 0 saturated carbocycles. The van der Waals surface area contributed by atoms with Crippen LogP contribution in [0.5, 0.6) is 0 Å². The van der Waals surface area contributed by atoms with Crippen molar-refractivity contribution in [1.82, 2.24) is 18.3 Å². The van der Waals surface area contributed by atoms with Gasteiger partial charge in [0.05, 0.1) is 44.3 Å². The molecule has 0 radical (unpaired) electrons. The van der Waals surface area contributed by atoms with Crippen LogP contribution in [0.2, 0.25) is 0 Å². The lowest BCUT2D eigenvalue weighted by molar-refractivity contribution is 0.892. The molecule has 0 unspecified atom stereocenters. The van der Waals surface area contributed by atoms with E-state index in [-0.39, 0.29) is 0 Å². The molecule has 12 aromatic rings. The highest BCUT2D eigenvalue weighted by atomic mass is 15.0. The first-order valence-electron chi connectivity index (χ1n) is 20.3. The summed E-state index contributed by atoms with van der Waals surface area (Å²) >= 11 is 0. The number of rotatable bonds is 4. The van der Waals surface area contributed by atoms with Gasteiger partial charge in [-0.25, -0.2) is 0 Å². The van der Waals surface area contributed by atoms with Crippen LogP contribution in [0, 0.1) is 0 Å². The predicted molar refractivity (Wildman–Crippen MR) is 244 cm³/mol. The first-order chi connectivity index (χ1) is 28.8. The van der Waals surface area contributed by atoms with Crippen LogP contribution in [0.1, 0.15) is 17.7 Å².